The van der Waals surface area contributed by atoms with E-state index in [0.29, 0.717) is 11.1 Å². The van der Waals surface area contributed by atoms with E-state index in [-0.39, 0.29) is 39.2 Å². The van der Waals surface area contributed by atoms with Gasteiger partial charge in [-0.15, -0.1) is 0 Å². The van der Waals surface area contributed by atoms with Crippen LogP contribution in [-0.4, -0.2) is 40.6 Å². The number of amidine groups is 1. The summed E-state index contributed by atoms with van der Waals surface area (Å²) >= 11 is 6.01. The van der Waals surface area contributed by atoms with E-state index < -0.39 is 16.8 Å². The van der Waals surface area contributed by atoms with Crippen molar-refractivity contribution in [2.45, 2.75) is 6.92 Å². The number of allylic oxidation sites excluding steroid dienone is 1. The number of aliphatic imine (C=N–C) groups is 2. The number of nitro groups is 1. The number of carbonyl (C=O) groups excluding carboxylic acids is 2. The zero-order valence-corrected chi connectivity index (χ0v) is 16.5. The number of aliphatic hydroxyl groups excluding tert-OH is 1. The largest absolute Gasteiger partial charge is 0.512 e. The Morgan fingerprint density at radius 2 is 1.87 bits per heavy atom. The Morgan fingerprint density at radius 1 is 1.20 bits per heavy atom. The van der Waals surface area contributed by atoms with E-state index in [1.54, 1.807) is 24.3 Å². The standard InChI is InChI=1S/C20H14ClN3O6/c1-10(25)16(20(27)30-2)17-12-5-3-4-6-13(12)18(22-17)23-19(26)14-9-11(24(28)29)7-8-15(14)21/h3-9,25H,1-2H3. The van der Waals surface area contributed by atoms with Crippen LogP contribution in [0, 0.1) is 10.1 Å². The SMILES string of the molecule is COC(=O)C(C1=NC(=NC(=O)c2cc([N+](=O)[O-])ccc2Cl)c2ccccc21)=C(C)O. The van der Waals surface area contributed by atoms with Crippen LogP contribution in [0.15, 0.2) is 63.8 Å². The lowest BCUT2D eigenvalue weighted by molar-refractivity contribution is -0.384. The lowest BCUT2D eigenvalue weighted by Gasteiger charge is -2.07. The molecule has 30 heavy (non-hydrogen) atoms. The lowest BCUT2D eigenvalue weighted by Crippen LogP contribution is -2.16. The third-order valence-electron chi connectivity index (χ3n) is 4.23. The van der Waals surface area contributed by atoms with E-state index in [4.69, 9.17) is 16.3 Å². The molecular weight excluding hydrogens is 414 g/mol. The van der Waals surface area contributed by atoms with Crippen LogP contribution in [0.5, 0.6) is 0 Å². The second-order valence-corrected chi connectivity index (χ2v) is 6.53. The number of hydrogen-bond donors (Lipinski definition) is 1. The van der Waals surface area contributed by atoms with Crippen LogP contribution in [0.4, 0.5) is 5.69 Å². The average molecular weight is 428 g/mol. The first kappa shape index (κ1) is 20.9. The number of fused-ring (bicyclic) bond motifs is 1. The Hall–Kier alpha value is -3.85. The minimum atomic E-state index is -0.845. The number of ether oxygens (including phenoxy) is 1. The third kappa shape index (κ3) is 3.83. The second kappa shape index (κ2) is 8.26. The number of esters is 1. The monoisotopic (exact) mass is 427 g/mol. The van der Waals surface area contributed by atoms with E-state index in [2.05, 4.69) is 9.98 Å². The number of non-ortho nitro benzene ring substituents is 1. The zero-order chi connectivity index (χ0) is 22.0. The van der Waals surface area contributed by atoms with Gasteiger partial charge in [-0.25, -0.2) is 9.79 Å². The van der Waals surface area contributed by atoms with E-state index in [0.717, 1.165) is 13.2 Å². The highest BCUT2D eigenvalue weighted by Crippen LogP contribution is 2.27. The predicted octanol–water partition coefficient (Wildman–Crippen LogP) is 3.64. The number of aliphatic hydroxyl groups is 1. The summed E-state index contributed by atoms with van der Waals surface area (Å²) in [5.74, 6) is -2.00. The summed E-state index contributed by atoms with van der Waals surface area (Å²) < 4.78 is 4.71. The molecule has 9 nitrogen and oxygen atoms in total. The van der Waals surface area contributed by atoms with Crippen molar-refractivity contribution in [3.05, 3.63) is 85.6 Å². The van der Waals surface area contributed by atoms with Crippen LogP contribution in [0.2, 0.25) is 5.02 Å². The van der Waals surface area contributed by atoms with Gasteiger partial charge in [-0.2, -0.15) is 4.99 Å². The fraction of sp³-hybridized carbons (Fsp3) is 0.100. The number of nitro benzene ring substituents is 1. The summed E-state index contributed by atoms with van der Waals surface area (Å²) in [5, 5.41) is 21.0. The first-order chi connectivity index (χ1) is 14.2. The van der Waals surface area contributed by atoms with E-state index in [9.17, 15) is 24.8 Å². The molecule has 2 aromatic carbocycles. The van der Waals surface area contributed by atoms with Gasteiger partial charge in [-0.05, 0) is 13.0 Å². The molecule has 1 aliphatic rings. The Labute approximate surface area is 175 Å². The van der Waals surface area contributed by atoms with Gasteiger partial charge in [0.25, 0.3) is 11.6 Å². The van der Waals surface area contributed by atoms with Gasteiger partial charge < -0.3 is 9.84 Å². The third-order valence-corrected chi connectivity index (χ3v) is 4.56. The van der Waals surface area contributed by atoms with Gasteiger partial charge in [0.2, 0.25) is 0 Å². The summed E-state index contributed by atoms with van der Waals surface area (Å²) in [5.41, 5.74) is 0.338. The van der Waals surface area contributed by atoms with Crippen LogP contribution < -0.4 is 0 Å². The van der Waals surface area contributed by atoms with Crippen LogP contribution >= 0.6 is 11.6 Å². The van der Waals surface area contributed by atoms with Gasteiger partial charge in [0.05, 0.1) is 28.3 Å². The zero-order valence-electron chi connectivity index (χ0n) is 15.7. The number of nitrogens with zero attached hydrogens (tertiary/aromatic N) is 3. The molecule has 152 valence electrons. The van der Waals surface area contributed by atoms with Gasteiger partial charge in [-0.1, -0.05) is 35.9 Å². The number of amides is 1. The molecule has 0 atom stereocenters. The molecule has 0 spiro atoms. The van der Waals surface area contributed by atoms with E-state index >= 15 is 0 Å². The Balaban J connectivity index is 2.14. The maximum Gasteiger partial charge on any atom is 0.343 e. The van der Waals surface area contributed by atoms with Crippen molar-refractivity contribution < 1.29 is 24.4 Å². The molecule has 0 bridgehead atoms. The first-order valence-electron chi connectivity index (χ1n) is 8.48. The van der Waals surface area contributed by atoms with Crippen molar-refractivity contribution in [2.24, 2.45) is 9.98 Å². The van der Waals surface area contributed by atoms with Crippen LogP contribution in [0.1, 0.15) is 28.4 Å². The van der Waals surface area contributed by atoms with Gasteiger partial charge in [0, 0.05) is 23.3 Å². The van der Waals surface area contributed by atoms with Crippen molar-refractivity contribution in [1.29, 1.82) is 0 Å². The minimum absolute atomic E-state index is 0.00761. The maximum atomic E-state index is 12.7. The highest BCUT2D eigenvalue weighted by atomic mass is 35.5. The van der Waals surface area contributed by atoms with E-state index in [1.165, 1.54) is 19.1 Å². The number of halogens is 1. The van der Waals surface area contributed by atoms with Gasteiger partial charge in [0.15, 0.2) is 5.84 Å². The van der Waals surface area contributed by atoms with Crippen molar-refractivity contribution >= 4 is 40.7 Å². The summed E-state index contributed by atoms with van der Waals surface area (Å²) in [6, 6.07) is 10.1. The van der Waals surface area contributed by atoms with Crippen molar-refractivity contribution in [3.8, 4) is 0 Å². The molecule has 1 amide bonds. The molecule has 0 aromatic heterocycles. The van der Waals surface area contributed by atoms with Gasteiger partial charge >= 0.3 is 5.97 Å². The van der Waals surface area contributed by atoms with Crippen molar-refractivity contribution in [2.75, 3.05) is 7.11 Å². The Morgan fingerprint density at radius 3 is 2.47 bits per heavy atom. The quantitative estimate of drug-likeness (QED) is 0.260. The smallest absolute Gasteiger partial charge is 0.343 e. The van der Waals surface area contributed by atoms with Crippen LogP contribution in [0.3, 0.4) is 0 Å². The van der Waals surface area contributed by atoms with Crippen molar-refractivity contribution in [1.82, 2.24) is 0 Å². The molecule has 0 saturated carbocycles. The molecule has 0 fully saturated rings. The Kier molecular flexibility index (Phi) is 5.74. The highest BCUT2D eigenvalue weighted by molar-refractivity contribution is 6.37. The molecule has 1 heterocycles. The molecule has 0 unspecified atom stereocenters. The lowest BCUT2D eigenvalue weighted by atomic mass is 9.99. The fourth-order valence-corrected chi connectivity index (χ4v) is 3.05. The fourth-order valence-electron chi connectivity index (χ4n) is 2.85. The first-order valence-corrected chi connectivity index (χ1v) is 8.86. The summed E-state index contributed by atoms with van der Waals surface area (Å²) in [6.45, 7) is 1.31. The topological polar surface area (TPSA) is 131 Å². The van der Waals surface area contributed by atoms with Gasteiger partial charge in [0.1, 0.15) is 11.3 Å². The molecule has 3 rings (SSSR count). The minimum Gasteiger partial charge on any atom is -0.512 e. The van der Waals surface area contributed by atoms with Crippen LogP contribution in [-0.2, 0) is 9.53 Å². The molecule has 0 saturated heterocycles. The normalized spacial score (nSPS) is 14.6. The summed E-state index contributed by atoms with van der Waals surface area (Å²) in [4.78, 5) is 43.4. The van der Waals surface area contributed by atoms with E-state index in [1.807, 2.05) is 0 Å². The molecule has 0 radical (unpaired) electrons. The maximum absolute atomic E-state index is 12.7. The number of methoxy groups -OCH3 is 1. The second-order valence-electron chi connectivity index (χ2n) is 6.12. The average Bonchev–Trinajstić information content (AvgIpc) is 3.06. The van der Waals surface area contributed by atoms with Crippen LogP contribution in [0.25, 0.3) is 0 Å². The number of hydrogen-bond acceptors (Lipinski definition) is 6. The molecule has 2 aromatic rings. The Bertz CT molecular complexity index is 1180. The number of benzene rings is 2. The summed E-state index contributed by atoms with van der Waals surface area (Å²) in [7, 11) is 1.16. The molecule has 0 aliphatic carbocycles. The molecule has 1 N–H and O–H groups in total. The number of carbonyl (C=O) groups is 2. The van der Waals surface area contributed by atoms with Crippen molar-refractivity contribution in [3.63, 3.8) is 0 Å². The van der Waals surface area contributed by atoms with Gasteiger partial charge in [-0.3, -0.25) is 14.9 Å². The highest BCUT2D eigenvalue weighted by Gasteiger charge is 2.30. The molecule has 1 aliphatic heterocycles. The summed E-state index contributed by atoms with van der Waals surface area (Å²) in [6.07, 6.45) is 0. The molecular formula is C20H14ClN3O6. The predicted molar refractivity (Wildman–Crippen MR) is 109 cm³/mol. The number of rotatable bonds is 4. The molecule has 10 heteroatoms.